The maximum absolute atomic E-state index is 12.6. The summed E-state index contributed by atoms with van der Waals surface area (Å²) in [5, 5.41) is 13.3. The largest absolute Gasteiger partial charge is 0.508 e. The van der Waals surface area contributed by atoms with Crippen LogP contribution in [0, 0.1) is 5.92 Å². The Bertz CT molecular complexity index is 610. The summed E-state index contributed by atoms with van der Waals surface area (Å²) in [6, 6.07) is 5.45. The monoisotopic (exact) mass is 299 g/mol. The van der Waals surface area contributed by atoms with E-state index in [-0.39, 0.29) is 23.0 Å². The minimum atomic E-state index is -0.0807. The Balaban J connectivity index is 1.93. The SMILES string of the molecule is CC1(C)Cc2ccc(O)cc2C(=CC(=O)C2CCCCC2)N1. The number of carbonyl (C=O) groups excluding carboxylic acids is 1. The van der Waals surface area contributed by atoms with Crippen molar-refractivity contribution in [1.82, 2.24) is 5.32 Å². The molecule has 1 aliphatic heterocycles. The number of allylic oxidation sites excluding steroid dienone is 1. The Morgan fingerprint density at radius 1 is 1.27 bits per heavy atom. The number of aromatic hydroxyl groups is 1. The average Bonchev–Trinajstić information content (AvgIpc) is 2.48. The molecule has 22 heavy (non-hydrogen) atoms. The third-order valence-electron chi connectivity index (χ3n) is 4.78. The zero-order valence-electron chi connectivity index (χ0n) is 13.5. The molecule has 2 N–H and O–H groups in total. The standard InChI is InChI=1S/C19H25NO2/c1-19(2)12-14-8-9-15(21)10-16(14)17(20-19)11-18(22)13-6-4-3-5-7-13/h8-11,13,20-21H,3-7,12H2,1-2H3. The van der Waals surface area contributed by atoms with Gasteiger partial charge in [-0.05, 0) is 50.8 Å². The van der Waals surface area contributed by atoms with E-state index >= 15 is 0 Å². The molecule has 1 aromatic rings. The highest BCUT2D eigenvalue weighted by atomic mass is 16.3. The summed E-state index contributed by atoms with van der Waals surface area (Å²) in [6.45, 7) is 4.28. The highest BCUT2D eigenvalue weighted by Gasteiger charge is 2.29. The lowest BCUT2D eigenvalue weighted by Gasteiger charge is -2.36. The summed E-state index contributed by atoms with van der Waals surface area (Å²) in [7, 11) is 0. The first-order chi connectivity index (χ1) is 10.4. The van der Waals surface area contributed by atoms with Crippen LogP contribution in [0.1, 0.15) is 57.1 Å². The van der Waals surface area contributed by atoms with Crippen LogP contribution in [0.15, 0.2) is 24.3 Å². The Morgan fingerprint density at radius 3 is 2.73 bits per heavy atom. The van der Waals surface area contributed by atoms with Gasteiger partial charge in [0.15, 0.2) is 5.78 Å². The van der Waals surface area contributed by atoms with Crippen LogP contribution in [-0.4, -0.2) is 16.4 Å². The number of ketones is 1. The van der Waals surface area contributed by atoms with Crippen LogP contribution in [0.5, 0.6) is 5.75 Å². The molecular weight excluding hydrogens is 274 g/mol. The maximum Gasteiger partial charge on any atom is 0.160 e. The summed E-state index contributed by atoms with van der Waals surface area (Å²) in [6.07, 6.45) is 8.26. The fourth-order valence-electron chi connectivity index (χ4n) is 3.68. The van der Waals surface area contributed by atoms with E-state index in [4.69, 9.17) is 0 Å². The first-order valence-electron chi connectivity index (χ1n) is 8.31. The molecule has 0 radical (unpaired) electrons. The minimum Gasteiger partial charge on any atom is -0.508 e. The van der Waals surface area contributed by atoms with Crippen LogP contribution in [0.2, 0.25) is 0 Å². The van der Waals surface area contributed by atoms with Gasteiger partial charge in [-0.1, -0.05) is 25.3 Å². The lowest BCUT2D eigenvalue weighted by atomic mass is 9.83. The van der Waals surface area contributed by atoms with Crippen molar-refractivity contribution >= 4 is 11.5 Å². The molecule has 1 fully saturated rings. The normalized spacial score (nSPS) is 22.9. The smallest absolute Gasteiger partial charge is 0.160 e. The molecule has 1 saturated carbocycles. The first-order valence-corrected chi connectivity index (χ1v) is 8.31. The number of phenols is 1. The molecule has 1 heterocycles. The van der Waals surface area contributed by atoms with Crippen LogP contribution >= 0.6 is 0 Å². The van der Waals surface area contributed by atoms with Gasteiger partial charge in [-0.25, -0.2) is 0 Å². The quantitative estimate of drug-likeness (QED) is 0.817. The molecule has 0 atom stereocenters. The van der Waals surface area contributed by atoms with Gasteiger partial charge in [-0.3, -0.25) is 4.79 Å². The minimum absolute atomic E-state index is 0.0807. The average molecular weight is 299 g/mol. The second-order valence-corrected chi connectivity index (χ2v) is 7.32. The fraction of sp³-hybridized carbons (Fsp3) is 0.526. The van der Waals surface area contributed by atoms with E-state index in [1.807, 2.05) is 6.07 Å². The van der Waals surface area contributed by atoms with E-state index in [2.05, 4.69) is 19.2 Å². The van der Waals surface area contributed by atoms with Crippen LogP contribution in [0.4, 0.5) is 0 Å². The van der Waals surface area contributed by atoms with Gasteiger partial charge in [-0.15, -0.1) is 0 Å². The predicted octanol–water partition coefficient (Wildman–Crippen LogP) is 3.81. The van der Waals surface area contributed by atoms with Crippen molar-refractivity contribution in [2.75, 3.05) is 0 Å². The lowest BCUT2D eigenvalue weighted by Crippen LogP contribution is -2.44. The molecule has 2 aliphatic rings. The van der Waals surface area contributed by atoms with Crippen molar-refractivity contribution in [2.24, 2.45) is 5.92 Å². The number of hydrogen-bond acceptors (Lipinski definition) is 3. The van der Waals surface area contributed by atoms with Crippen molar-refractivity contribution in [3.05, 3.63) is 35.4 Å². The predicted molar refractivity (Wildman–Crippen MR) is 88.6 cm³/mol. The summed E-state index contributed by atoms with van der Waals surface area (Å²) < 4.78 is 0. The van der Waals surface area contributed by atoms with Crippen LogP contribution in [0.3, 0.4) is 0 Å². The number of fused-ring (bicyclic) bond motifs is 1. The molecule has 0 unspecified atom stereocenters. The molecule has 1 aromatic carbocycles. The molecule has 0 bridgehead atoms. The van der Waals surface area contributed by atoms with Gasteiger partial charge in [-0.2, -0.15) is 0 Å². The third-order valence-corrected chi connectivity index (χ3v) is 4.78. The molecule has 1 aliphatic carbocycles. The third kappa shape index (κ3) is 3.18. The van der Waals surface area contributed by atoms with Gasteiger partial charge in [0.2, 0.25) is 0 Å². The topological polar surface area (TPSA) is 49.3 Å². The molecule has 0 spiro atoms. The van der Waals surface area contributed by atoms with Gasteiger partial charge < -0.3 is 10.4 Å². The number of carbonyl (C=O) groups is 1. The van der Waals surface area contributed by atoms with Crippen LogP contribution in [-0.2, 0) is 11.2 Å². The molecule has 118 valence electrons. The number of hydrogen-bond donors (Lipinski definition) is 2. The van der Waals surface area contributed by atoms with Crippen molar-refractivity contribution in [3.63, 3.8) is 0 Å². The summed E-state index contributed by atoms with van der Waals surface area (Å²) in [4.78, 5) is 12.6. The van der Waals surface area contributed by atoms with Gasteiger partial charge in [0.25, 0.3) is 0 Å². The van der Waals surface area contributed by atoms with Crippen LogP contribution < -0.4 is 5.32 Å². The van der Waals surface area contributed by atoms with E-state index in [0.29, 0.717) is 0 Å². The molecule has 3 nitrogen and oxygen atoms in total. The summed E-state index contributed by atoms with van der Waals surface area (Å²) >= 11 is 0. The highest BCUT2D eigenvalue weighted by Crippen LogP contribution is 2.33. The van der Waals surface area contributed by atoms with Crippen molar-refractivity contribution < 1.29 is 9.90 Å². The van der Waals surface area contributed by atoms with Gasteiger partial charge in [0.05, 0.1) is 0 Å². The second-order valence-electron chi connectivity index (χ2n) is 7.32. The number of rotatable bonds is 2. The maximum atomic E-state index is 12.6. The van der Waals surface area contributed by atoms with E-state index in [1.165, 1.54) is 12.0 Å². The van der Waals surface area contributed by atoms with Crippen LogP contribution in [0.25, 0.3) is 5.70 Å². The Hall–Kier alpha value is -1.77. The fourth-order valence-corrected chi connectivity index (χ4v) is 3.68. The van der Waals surface area contributed by atoms with Crippen molar-refractivity contribution in [1.29, 1.82) is 0 Å². The number of nitrogens with one attached hydrogen (secondary N) is 1. The zero-order valence-corrected chi connectivity index (χ0v) is 13.5. The Morgan fingerprint density at radius 2 is 2.00 bits per heavy atom. The number of benzene rings is 1. The Kier molecular flexibility index (Phi) is 3.98. The summed E-state index contributed by atoms with van der Waals surface area (Å²) in [5.74, 6) is 0.652. The van der Waals surface area contributed by atoms with Gasteiger partial charge in [0, 0.05) is 28.8 Å². The second kappa shape index (κ2) is 5.79. The highest BCUT2D eigenvalue weighted by molar-refractivity contribution is 5.98. The lowest BCUT2D eigenvalue weighted by molar-refractivity contribution is -0.119. The van der Waals surface area contributed by atoms with Crippen molar-refractivity contribution in [2.45, 2.75) is 57.9 Å². The van der Waals surface area contributed by atoms with E-state index < -0.39 is 0 Å². The molecule has 3 rings (SSSR count). The van der Waals surface area contributed by atoms with Gasteiger partial charge in [0.1, 0.15) is 5.75 Å². The van der Waals surface area contributed by atoms with E-state index in [1.54, 1.807) is 18.2 Å². The molecule has 0 saturated heterocycles. The number of phenolic OH excluding ortho intramolecular Hbond substituents is 1. The van der Waals surface area contributed by atoms with E-state index in [0.717, 1.165) is 43.4 Å². The molecular formula is C19H25NO2. The first kappa shape index (κ1) is 15.1. The molecule has 0 aromatic heterocycles. The Labute approximate surface area is 132 Å². The molecule has 0 amide bonds. The van der Waals surface area contributed by atoms with E-state index in [9.17, 15) is 9.90 Å². The van der Waals surface area contributed by atoms with Gasteiger partial charge >= 0.3 is 0 Å². The zero-order chi connectivity index (χ0) is 15.7. The van der Waals surface area contributed by atoms with Crippen molar-refractivity contribution in [3.8, 4) is 5.75 Å². The summed E-state index contributed by atoms with van der Waals surface area (Å²) in [5.41, 5.74) is 2.92. The molecule has 3 heteroatoms.